The summed E-state index contributed by atoms with van der Waals surface area (Å²) in [5.74, 6) is -0.104. The molecule has 0 bridgehead atoms. The van der Waals surface area contributed by atoms with E-state index in [9.17, 15) is 9.59 Å². The molecule has 0 radical (unpaired) electrons. The predicted octanol–water partition coefficient (Wildman–Crippen LogP) is 3.78. The number of hydrogen-bond acceptors (Lipinski definition) is 4. The Kier molecular flexibility index (Phi) is 6.75. The third-order valence-electron chi connectivity index (χ3n) is 4.70. The van der Waals surface area contributed by atoms with Crippen LogP contribution in [0.15, 0.2) is 53.4 Å². The Labute approximate surface area is 171 Å². The van der Waals surface area contributed by atoms with Crippen LogP contribution in [0.1, 0.15) is 18.9 Å². The van der Waals surface area contributed by atoms with Crippen molar-refractivity contribution in [1.82, 2.24) is 4.90 Å². The monoisotopic (exact) mass is 397 g/mol. The molecule has 0 fully saturated rings. The number of amides is 2. The van der Waals surface area contributed by atoms with E-state index < -0.39 is 0 Å². The van der Waals surface area contributed by atoms with E-state index in [1.165, 1.54) is 0 Å². The molecular formula is C22H27N3O2S. The standard InChI is InChI=1S/C22H27N3O2S/c1-16-8-10-18(11-9-16)23-21(26)14-24(3)15-22(27)25-13-12-17(2)28-20-7-5-4-6-19(20)25/h4-11,17H,12-15H2,1-3H3,(H,23,26)/t17-/m0/s1. The van der Waals surface area contributed by atoms with Gasteiger partial charge in [0.25, 0.3) is 0 Å². The number of carbonyl (C=O) groups is 2. The number of carbonyl (C=O) groups excluding carboxylic acids is 2. The first-order chi connectivity index (χ1) is 13.4. The van der Waals surface area contributed by atoms with E-state index in [1.807, 2.05) is 66.1 Å². The SMILES string of the molecule is Cc1ccc(NC(=O)CN(C)CC(=O)N2CC[C@H](C)Sc3ccccc32)cc1. The Balaban J connectivity index is 1.59. The minimum Gasteiger partial charge on any atom is -0.325 e. The lowest BCUT2D eigenvalue weighted by molar-refractivity contribution is -0.121. The Bertz CT molecular complexity index is 838. The molecule has 28 heavy (non-hydrogen) atoms. The lowest BCUT2D eigenvalue weighted by Gasteiger charge is -2.25. The molecule has 1 N–H and O–H groups in total. The predicted molar refractivity (Wildman–Crippen MR) is 116 cm³/mol. The van der Waals surface area contributed by atoms with E-state index in [4.69, 9.17) is 0 Å². The second-order valence-corrected chi connectivity index (χ2v) is 8.80. The first-order valence-corrected chi connectivity index (χ1v) is 10.4. The van der Waals surface area contributed by atoms with Gasteiger partial charge in [-0.15, -0.1) is 11.8 Å². The highest BCUT2D eigenvalue weighted by Gasteiger charge is 2.25. The van der Waals surface area contributed by atoms with Crippen LogP contribution in [0, 0.1) is 6.92 Å². The van der Waals surface area contributed by atoms with E-state index in [0.29, 0.717) is 11.8 Å². The Morgan fingerprint density at radius 2 is 1.86 bits per heavy atom. The van der Waals surface area contributed by atoms with Gasteiger partial charge in [-0.25, -0.2) is 0 Å². The van der Waals surface area contributed by atoms with Crippen LogP contribution in [-0.4, -0.2) is 48.6 Å². The van der Waals surface area contributed by atoms with Crippen molar-refractivity contribution < 1.29 is 9.59 Å². The van der Waals surface area contributed by atoms with Crippen molar-refractivity contribution in [2.24, 2.45) is 0 Å². The van der Waals surface area contributed by atoms with Gasteiger partial charge in [-0.2, -0.15) is 0 Å². The molecule has 2 aromatic carbocycles. The molecular weight excluding hydrogens is 370 g/mol. The lowest BCUT2D eigenvalue weighted by Crippen LogP contribution is -2.42. The summed E-state index contributed by atoms with van der Waals surface area (Å²) in [6, 6.07) is 15.7. The van der Waals surface area contributed by atoms with Crippen LogP contribution in [-0.2, 0) is 9.59 Å². The molecule has 2 aromatic rings. The van der Waals surface area contributed by atoms with Crippen LogP contribution in [0.3, 0.4) is 0 Å². The maximum absolute atomic E-state index is 13.0. The molecule has 1 atom stereocenters. The number of benzene rings is 2. The summed E-state index contributed by atoms with van der Waals surface area (Å²) in [4.78, 5) is 30.0. The zero-order chi connectivity index (χ0) is 20.1. The van der Waals surface area contributed by atoms with E-state index >= 15 is 0 Å². The minimum absolute atomic E-state index is 0.0211. The second kappa shape index (κ2) is 9.26. The number of para-hydroxylation sites is 1. The Hall–Kier alpha value is -2.31. The van der Waals surface area contributed by atoms with E-state index in [1.54, 1.807) is 11.9 Å². The van der Waals surface area contributed by atoms with Gasteiger partial charge in [0.15, 0.2) is 0 Å². The summed E-state index contributed by atoms with van der Waals surface area (Å²) in [6.45, 7) is 5.27. The summed E-state index contributed by atoms with van der Waals surface area (Å²) in [6.07, 6.45) is 0.947. The van der Waals surface area contributed by atoms with Crippen molar-refractivity contribution in [2.45, 2.75) is 30.4 Å². The topological polar surface area (TPSA) is 52.7 Å². The van der Waals surface area contributed by atoms with Crippen LogP contribution in [0.2, 0.25) is 0 Å². The zero-order valence-corrected chi connectivity index (χ0v) is 17.5. The number of hydrogen-bond donors (Lipinski definition) is 1. The molecule has 1 aliphatic rings. The highest BCUT2D eigenvalue weighted by atomic mass is 32.2. The summed E-state index contributed by atoms with van der Waals surface area (Å²) < 4.78 is 0. The number of thioether (sulfide) groups is 1. The molecule has 0 saturated heterocycles. The quantitative estimate of drug-likeness (QED) is 0.834. The minimum atomic E-state index is -0.125. The number of rotatable bonds is 5. The number of nitrogens with zero attached hydrogens (tertiary/aromatic N) is 2. The molecule has 0 aromatic heterocycles. The summed E-state index contributed by atoms with van der Waals surface area (Å²) in [5.41, 5.74) is 2.88. The highest BCUT2D eigenvalue weighted by Crippen LogP contribution is 2.37. The smallest absolute Gasteiger partial charge is 0.241 e. The van der Waals surface area contributed by atoms with Gasteiger partial charge in [-0.05, 0) is 44.7 Å². The molecule has 0 saturated carbocycles. The molecule has 6 heteroatoms. The maximum Gasteiger partial charge on any atom is 0.241 e. The molecule has 1 heterocycles. The van der Waals surface area contributed by atoms with E-state index in [2.05, 4.69) is 18.3 Å². The molecule has 0 spiro atoms. The van der Waals surface area contributed by atoms with Crippen LogP contribution < -0.4 is 10.2 Å². The van der Waals surface area contributed by atoms with Crippen LogP contribution in [0.25, 0.3) is 0 Å². The van der Waals surface area contributed by atoms with Crippen molar-refractivity contribution in [3.63, 3.8) is 0 Å². The normalized spacial score (nSPS) is 16.4. The first-order valence-electron chi connectivity index (χ1n) is 9.53. The van der Waals surface area contributed by atoms with Gasteiger partial charge in [0.1, 0.15) is 0 Å². The van der Waals surface area contributed by atoms with Gasteiger partial charge >= 0.3 is 0 Å². The largest absolute Gasteiger partial charge is 0.325 e. The molecule has 1 aliphatic heterocycles. The van der Waals surface area contributed by atoms with Crippen molar-refractivity contribution in [1.29, 1.82) is 0 Å². The molecule has 3 rings (SSSR count). The van der Waals surface area contributed by atoms with E-state index in [0.717, 1.165) is 28.3 Å². The van der Waals surface area contributed by atoms with Crippen molar-refractivity contribution >= 4 is 35.0 Å². The summed E-state index contributed by atoms with van der Waals surface area (Å²) in [5, 5.41) is 3.34. The molecule has 2 amide bonds. The van der Waals surface area contributed by atoms with Crippen LogP contribution >= 0.6 is 11.8 Å². The maximum atomic E-state index is 13.0. The zero-order valence-electron chi connectivity index (χ0n) is 16.6. The third-order valence-corrected chi connectivity index (χ3v) is 5.94. The molecule has 5 nitrogen and oxygen atoms in total. The molecule has 0 unspecified atom stereocenters. The van der Waals surface area contributed by atoms with Crippen molar-refractivity contribution in [3.05, 3.63) is 54.1 Å². The second-order valence-electron chi connectivity index (χ2n) is 7.32. The van der Waals surface area contributed by atoms with Crippen LogP contribution in [0.4, 0.5) is 11.4 Å². The van der Waals surface area contributed by atoms with Gasteiger partial charge < -0.3 is 10.2 Å². The Morgan fingerprint density at radius 3 is 2.61 bits per heavy atom. The number of likely N-dealkylation sites (N-methyl/N-ethyl adjacent to an activating group) is 1. The highest BCUT2D eigenvalue weighted by molar-refractivity contribution is 8.00. The van der Waals surface area contributed by atoms with Crippen LogP contribution in [0.5, 0.6) is 0 Å². The average Bonchev–Trinajstić information content (AvgIpc) is 2.81. The van der Waals surface area contributed by atoms with Gasteiger partial charge in [-0.3, -0.25) is 14.5 Å². The number of fused-ring (bicyclic) bond motifs is 1. The first kappa shape index (κ1) is 20.4. The van der Waals surface area contributed by atoms with Crippen molar-refractivity contribution in [2.75, 3.05) is 36.9 Å². The van der Waals surface area contributed by atoms with Gasteiger partial charge in [0.05, 0.1) is 18.8 Å². The fraction of sp³-hybridized carbons (Fsp3) is 0.364. The number of anilines is 2. The third kappa shape index (κ3) is 5.36. The van der Waals surface area contributed by atoms with Crippen molar-refractivity contribution in [3.8, 4) is 0 Å². The fourth-order valence-electron chi connectivity index (χ4n) is 3.20. The fourth-order valence-corrected chi connectivity index (χ4v) is 4.31. The lowest BCUT2D eigenvalue weighted by atomic mass is 10.2. The molecule has 0 aliphatic carbocycles. The van der Waals surface area contributed by atoms with Gasteiger partial charge in [0, 0.05) is 22.4 Å². The molecule has 148 valence electrons. The van der Waals surface area contributed by atoms with E-state index in [-0.39, 0.29) is 24.9 Å². The average molecular weight is 398 g/mol. The van der Waals surface area contributed by atoms with Gasteiger partial charge in [0.2, 0.25) is 11.8 Å². The summed E-state index contributed by atoms with van der Waals surface area (Å²) in [7, 11) is 1.80. The summed E-state index contributed by atoms with van der Waals surface area (Å²) >= 11 is 1.81. The Morgan fingerprint density at radius 1 is 1.14 bits per heavy atom. The number of aryl methyl sites for hydroxylation is 1. The number of nitrogens with one attached hydrogen (secondary N) is 1. The van der Waals surface area contributed by atoms with Gasteiger partial charge in [-0.1, -0.05) is 36.8 Å².